The average molecular weight is 755 g/mol. The second kappa shape index (κ2) is 12.2. The van der Waals surface area contributed by atoms with E-state index in [0.29, 0.717) is 17.5 Å². The van der Waals surface area contributed by atoms with Crippen molar-refractivity contribution in [2.75, 3.05) is 0 Å². The maximum Gasteiger partial charge on any atom is 0.166 e. The third-order valence-electron chi connectivity index (χ3n) is 11.8. The molecule has 0 amide bonds. The normalized spacial score (nSPS) is 12.1. The van der Waals surface area contributed by atoms with Crippen LogP contribution < -0.4 is 0 Å². The van der Waals surface area contributed by atoms with Crippen molar-refractivity contribution in [2.24, 2.45) is 0 Å². The molecule has 0 N–H and O–H groups in total. The Bertz CT molecular complexity index is 3860. The molecule has 0 aliphatic rings. The van der Waals surface area contributed by atoms with Crippen LogP contribution in [0.1, 0.15) is 0 Å². The van der Waals surface area contributed by atoms with Gasteiger partial charge in [-0.05, 0) is 76.1 Å². The highest BCUT2D eigenvalue weighted by molar-refractivity contribution is 6.22. The number of para-hydroxylation sites is 2. The molecular weight excluding hydrogens is 725 g/mol. The fourth-order valence-electron chi connectivity index (χ4n) is 9.07. The molecule has 13 rings (SSSR count). The van der Waals surface area contributed by atoms with Crippen LogP contribution in [0.5, 0.6) is 0 Å². The SMILES string of the molecule is c1ccc(-c2nc(-c3ccc4c(c3)oc3ccccc34)nc(-c3cc4oc5cc6ccccc6cc5c4cc3-n3c4ccccc4c4c5ccccc5ccc43)n2)cc1. The molecule has 0 aliphatic heterocycles. The van der Waals surface area contributed by atoms with Crippen LogP contribution in [-0.2, 0) is 0 Å². The molecule has 0 fully saturated rings. The lowest BCUT2D eigenvalue weighted by Crippen LogP contribution is -2.04. The Hall–Kier alpha value is -8.09. The van der Waals surface area contributed by atoms with E-state index in [0.717, 1.165) is 88.1 Å². The summed E-state index contributed by atoms with van der Waals surface area (Å²) in [6.07, 6.45) is 0. The van der Waals surface area contributed by atoms with Gasteiger partial charge in [-0.1, -0.05) is 127 Å². The minimum atomic E-state index is 0.535. The molecule has 0 aliphatic carbocycles. The van der Waals surface area contributed by atoms with Crippen LogP contribution in [0, 0.1) is 0 Å². The summed E-state index contributed by atoms with van der Waals surface area (Å²) in [5.74, 6) is 1.66. The molecule has 274 valence electrons. The molecule has 0 spiro atoms. The molecule has 0 saturated carbocycles. The predicted octanol–water partition coefficient (Wildman–Crippen LogP) is 14.1. The molecule has 0 atom stereocenters. The van der Waals surface area contributed by atoms with Gasteiger partial charge in [0.15, 0.2) is 17.5 Å². The van der Waals surface area contributed by atoms with Gasteiger partial charge in [0.1, 0.15) is 22.3 Å². The summed E-state index contributed by atoms with van der Waals surface area (Å²) in [5, 5.41) is 11.3. The highest BCUT2D eigenvalue weighted by atomic mass is 16.3. The van der Waals surface area contributed by atoms with Crippen molar-refractivity contribution in [3.05, 3.63) is 182 Å². The fraction of sp³-hybridized carbons (Fsp3) is 0. The lowest BCUT2D eigenvalue weighted by Gasteiger charge is -2.15. The number of hydrogen-bond acceptors (Lipinski definition) is 5. The molecule has 6 heteroatoms. The molecule has 9 aromatic carbocycles. The largest absolute Gasteiger partial charge is 0.456 e. The van der Waals surface area contributed by atoms with E-state index in [1.54, 1.807) is 0 Å². The second-order valence-corrected chi connectivity index (χ2v) is 15.2. The van der Waals surface area contributed by atoms with Crippen molar-refractivity contribution < 1.29 is 8.83 Å². The van der Waals surface area contributed by atoms with Crippen molar-refractivity contribution in [1.82, 2.24) is 19.5 Å². The fourth-order valence-corrected chi connectivity index (χ4v) is 9.07. The van der Waals surface area contributed by atoms with Gasteiger partial charge in [-0.3, -0.25) is 0 Å². The Morgan fingerprint density at radius 2 is 0.949 bits per heavy atom. The summed E-state index contributed by atoms with van der Waals surface area (Å²) in [6, 6.07) is 63.3. The van der Waals surface area contributed by atoms with Gasteiger partial charge in [0.05, 0.1) is 16.7 Å². The summed E-state index contributed by atoms with van der Waals surface area (Å²) < 4.78 is 15.5. The average Bonchev–Trinajstić information content (AvgIpc) is 3.96. The van der Waals surface area contributed by atoms with Gasteiger partial charge in [-0.15, -0.1) is 0 Å². The zero-order chi connectivity index (χ0) is 38.6. The summed E-state index contributed by atoms with van der Waals surface area (Å²) in [5.41, 5.74) is 8.88. The van der Waals surface area contributed by atoms with Crippen molar-refractivity contribution in [2.45, 2.75) is 0 Å². The van der Waals surface area contributed by atoms with Gasteiger partial charge in [-0.25, -0.2) is 15.0 Å². The van der Waals surface area contributed by atoms with Crippen LogP contribution >= 0.6 is 0 Å². The number of rotatable bonds is 4. The zero-order valence-corrected chi connectivity index (χ0v) is 31.4. The lowest BCUT2D eigenvalue weighted by atomic mass is 10.0. The van der Waals surface area contributed by atoms with Crippen LogP contribution in [0.2, 0.25) is 0 Å². The minimum Gasteiger partial charge on any atom is -0.456 e. The molecule has 0 unspecified atom stereocenters. The number of nitrogens with zero attached hydrogens (tertiary/aromatic N) is 4. The van der Waals surface area contributed by atoms with Gasteiger partial charge in [-0.2, -0.15) is 0 Å². The number of furan rings is 2. The lowest BCUT2D eigenvalue weighted by molar-refractivity contribution is 0.669. The van der Waals surface area contributed by atoms with Gasteiger partial charge in [0.2, 0.25) is 0 Å². The van der Waals surface area contributed by atoms with Gasteiger partial charge < -0.3 is 13.4 Å². The number of aromatic nitrogens is 4. The number of fused-ring (bicyclic) bond motifs is 12. The molecule has 0 radical (unpaired) electrons. The van der Waals surface area contributed by atoms with E-state index in [1.165, 1.54) is 21.5 Å². The third kappa shape index (κ3) is 4.84. The van der Waals surface area contributed by atoms with E-state index in [-0.39, 0.29) is 0 Å². The van der Waals surface area contributed by atoms with E-state index in [4.69, 9.17) is 23.8 Å². The molecule has 0 bridgehead atoms. The maximum atomic E-state index is 6.74. The second-order valence-electron chi connectivity index (χ2n) is 15.2. The zero-order valence-electron chi connectivity index (χ0n) is 31.4. The summed E-state index contributed by atoms with van der Waals surface area (Å²) in [4.78, 5) is 15.7. The first-order chi connectivity index (χ1) is 29.2. The van der Waals surface area contributed by atoms with Crippen LogP contribution in [0.15, 0.2) is 191 Å². The Kier molecular flexibility index (Phi) is 6.63. The standard InChI is InChI=1S/C53H30N4O2/c1-2-13-32(14-3-1)51-54-52(35-22-24-38-37-18-9-11-21-46(37)58-47(38)28-35)56-53(55-51)42-30-49-41(40-26-33-15-4-5-16-34(33)27-48(40)59-49)29-45(42)57-43-20-10-8-19-39(43)50-36-17-7-6-12-31(36)23-25-44(50)57/h1-30H. The van der Waals surface area contributed by atoms with Crippen molar-refractivity contribution in [1.29, 1.82) is 0 Å². The Morgan fingerprint density at radius 3 is 1.81 bits per heavy atom. The summed E-state index contributed by atoms with van der Waals surface area (Å²) in [6.45, 7) is 0. The predicted molar refractivity (Wildman–Crippen MR) is 240 cm³/mol. The van der Waals surface area contributed by atoms with E-state index < -0.39 is 0 Å². The quantitative estimate of drug-likeness (QED) is 0.179. The molecule has 4 heterocycles. The maximum absolute atomic E-state index is 6.74. The first-order valence-electron chi connectivity index (χ1n) is 19.8. The van der Waals surface area contributed by atoms with Crippen molar-refractivity contribution >= 4 is 87.2 Å². The molecule has 4 aromatic heterocycles. The van der Waals surface area contributed by atoms with E-state index >= 15 is 0 Å². The summed E-state index contributed by atoms with van der Waals surface area (Å²) >= 11 is 0. The molecular formula is C53H30N4O2. The van der Waals surface area contributed by atoms with Crippen LogP contribution in [0.3, 0.4) is 0 Å². The van der Waals surface area contributed by atoms with Crippen molar-refractivity contribution in [3.8, 4) is 39.9 Å². The molecule has 0 saturated heterocycles. The Morgan fingerprint density at radius 1 is 0.339 bits per heavy atom. The van der Waals surface area contributed by atoms with Crippen molar-refractivity contribution in [3.63, 3.8) is 0 Å². The highest BCUT2D eigenvalue weighted by Gasteiger charge is 2.23. The monoisotopic (exact) mass is 754 g/mol. The van der Waals surface area contributed by atoms with Crippen LogP contribution in [-0.4, -0.2) is 19.5 Å². The van der Waals surface area contributed by atoms with Gasteiger partial charge >= 0.3 is 0 Å². The number of benzene rings is 9. The van der Waals surface area contributed by atoms with Crippen LogP contribution in [0.25, 0.3) is 127 Å². The van der Waals surface area contributed by atoms with E-state index in [1.807, 2.05) is 54.6 Å². The van der Waals surface area contributed by atoms with Gasteiger partial charge in [0, 0.05) is 49.0 Å². The van der Waals surface area contributed by atoms with E-state index in [2.05, 4.69) is 132 Å². The van der Waals surface area contributed by atoms with Crippen LogP contribution in [0.4, 0.5) is 0 Å². The molecule has 59 heavy (non-hydrogen) atoms. The third-order valence-corrected chi connectivity index (χ3v) is 11.8. The highest BCUT2D eigenvalue weighted by Crippen LogP contribution is 2.43. The first kappa shape index (κ1) is 32.0. The molecule has 6 nitrogen and oxygen atoms in total. The minimum absolute atomic E-state index is 0.535. The first-order valence-corrected chi connectivity index (χ1v) is 19.8. The Balaban J connectivity index is 1.14. The topological polar surface area (TPSA) is 69.9 Å². The smallest absolute Gasteiger partial charge is 0.166 e. The summed E-state index contributed by atoms with van der Waals surface area (Å²) in [7, 11) is 0. The van der Waals surface area contributed by atoms with Gasteiger partial charge in [0.25, 0.3) is 0 Å². The number of hydrogen-bond donors (Lipinski definition) is 0. The molecule has 13 aromatic rings. The Labute approximate surface area is 336 Å². The van der Waals surface area contributed by atoms with E-state index in [9.17, 15) is 0 Å².